The van der Waals surface area contributed by atoms with Gasteiger partial charge in [0.25, 0.3) is 5.91 Å². The number of amides is 3. The lowest BCUT2D eigenvalue weighted by molar-refractivity contribution is -0.116. The second-order valence-electron chi connectivity index (χ2n) is 9.30. The Bertz CT molecular complexity index is 1190. The first-order chi connectivity index (χ1) is 18.1. The summed E-state index contributed by atoms with van der Waals surface area (Å²) in [5.74, 6) is -0.220. The Morgan fingerprint density at radius 1 is 0.676 bits per heavy atom. The van der Waals surface area contributed by atoms with E-state index in [1.807, 2.05) is 47.4 Å². The van der Waals surface area contributed by atoms with Gasteiger partial charge in [0.2, 0.25) is 11.8 Å². The van der Waals surface area contributed by atoms with Crippen LogP contribution in [-0.2, 0) is 16.0 Å². The molecule has 3 N–H and O–H groups in total. The number of anilines is 3. The molecular formula is C30H34N4O3. The van der Waals surface area contributed by atoms with Crippen LogP contribution in [-0.4, -0.2) is 42.3 Å². The van der Waals surface area contributed by atoms with Gasteiger partial charge in [0.05, 0.1) is 6.54 Å². The van der Waals surface area contributed by atoms with Crippen molar-refractivity contribution < 1.29 is 14.4 Å². The molecule has 0 saturated carbocycles. The third-order valence-electron chi connectivity index (χ3n) is 6.39. The van der Waals surface area contributed by atoms with E-state index < -0.39 is 0 Å². The van der Waals surface area contributed by atoms with Crippen LogP contribution in [0, 0.1) is 0 Å². The van der Waals surface area contributed by atoms with Crippen molar-refractivity contribution in [2.75, 3.05) is 35.6 Å². The molecule has 3 aromatic carbocycles. The highest BCUT2D eigenvalue weighted by molar-refractivity contribution is 5.96. The van der Waals surface area contributed by atoms with Crippen molar-refractivity contribution in [1.29, 1.82) is 0 Å². The molecule has 0 bridgehead atoms. The van der Waals surface area contributed by atoms with E-state index in [4.69, 9.17) is 0 Å². The summed E-state index contributed by atoms with van der Waals surface area (Å²) in [5, 5.41) is 8.83. The average molecular weight is 499 g/mol. The first-order valence-electron chi connectivity index (χ1n) is 12.9. The first-order valence-corrected chi connectivity index (χ1v) is 12.9. The summed E-state index contributed by atoms with van der Waals surface area (Å²) in [4.78, 5) is 39.5. The molecule has 7 nitrogen and oxygen atoms in total. The van der Waals surface area contributed by atoms with Crippen LogP contribution < -0.4 is 16.0 Å². The van der Waals surface area contributed by atoms with Crippen molar-refractivity contribution in [2.24, 2.45) is 0 Å². The molecular weight excluding hydrogens is 464 g/mol. The number of nitrogens with one attached hydrogen (secondary N) is 3. The molecule has 0 aliphatic carbocycles. The Morgan fingerprint density at radius 2 is 1.32 bits per heavy atom. The molecule has 7 heteroatoms. The number of benzene rings is 3. The van der Waals surface area contributed by atoms with Gasteiger partial charge >= 0.3 is 0 Å². The van der Waals surface area contributed by atoms with Crippen LogP contribution in [0.15, 0.2) is 78.9 Å². The van der Waals surface area contributed by atoms with Crippen LogP contribution in [0.5, 0.6) is 0 Å². The minimum atomic E-state index is -0.211. The highest BCUT2D eigenvalue weighted by Crippen LogP contribution is 2.17. The topological polar surface area (TPSA) is 90.5 Å². The van der Waals surface area contributed by atoms with Crippen LogP contribution in [0.3, 0.4) is 0 Å². The molecule has 0 aromatic heterocycles. The lowest BCUT2D eigenvalue weighted by atomic mass is 10.1. The lowest BCUT2D eigenvalue weighted by Gasteiger charge is -2.20. The number of hydrogen-bond donors (Lipinski definition) is 3. The van der Waals surface area contributed by atoms with E-state index in [9.17, 15) is 14.4 Å². The highest BCUT2D eigenvalue weighted by Gasteiger charge is 2.17. The summed E-state index contributed by atoms with van der Waals surface area (Å²) in [5.41, 5.74) is 3.78. The Kier molecular flexibility index (Phi) is 9.29. The Balaban J connectivity index is 1.22. The number of rotatable bonds is 9. The molecule has 3 amide bonds. The fraction of sp³-hybridized carbons (Fsp3) is 0.300. The maximum atomic E-state index is 12.7. The minimum absolute atomic E-state index is 0.0678. The van der Waals surface area contributed by atoms with Gasteiger partial charge in [-0.1, -0.05) is 49.2 Å². The van der Waals surface area contributed by atoms with Gasteiger partial charge in [0.1, 0.15) is 0 Å². The Morgan fingerprint density at radius 3 is 2.00 bits per heavy atom. The summed E-state index contributed by atoms with van der Waals surface area (Å²) in [6, 6.07) is 24.2. The minimum Gasteiger partial charge on any atom is -0.376 e. The molecule has 0 unspecified atom stereocenters. The van der Waals surface area contributed by atoms with Crippen LogP contribution in [0.4, 0.5) is 17.1 Å². The molecule has 1 heterocycles. The van der Waals surface area contributed by atoms with Gasteiger partial charge in [0.15, 0.2) is 0 Å². The van der Waals surface area contributed by atoms with E-state index in [1.165, 1.54) is 12.8 Å². The number of carbonyl (C=O) groups excluding carboxylic acids is 3. The molecule has 0 radical (unpaired) electrons. The van der Waals surface area contributed by atoms with Gasteiger partial charge in [-0.05, 0) is 67.3 Å². The van der Waals surface area contributed by atoms with Crippen molar-refractivity contribution in [2.45, 2.75) is 38.5 Å². The summed E-state index contributed by atoms with van der Waals surface area (Å²) < 4.78 is 0. The van der Waals surface area contributed by atoms with Crippen molar-refractivity contribution in [3.05, 3.63) is 90.0 Å². The number of carbonyl (C=O) groups is 3. The van der Waals surface area contributed by atoms with Crippen molar-refractivity contribution in [3.63, 3.8) is 0 Å². The van der Waals surface area contributed by atoms with Crippen LogP contribution >= 0.6 is 0 Å². The summed E-state index contributed by atoms with van der Waals surface area (Å²) in [6.07, 6.45) is 5.54. The molecule has 3 aromatic rings. The molecule has 1 aliphatic heterocycles. The van der Waals surface area contributed by atoms with Gasteiger partial charge in [-0.25, -0.2) is 0 Å². The van der Waals surface area contributed by atoms with Gasteiger partial charge in [-0.2, -0.15) is 0 Å². The Hall–Kier alpha value is -4.13. The summed E-state index contributed by atoms with van der Waals surface area (Å²) in [6.45, 7) is 1.71. The molecule has 192 valence electrons. The monoisotopic (exact) mass is 498 g/mol. The SMILES string of the molecule is O=C(CCc1ccccc1)Nc1cccc(NC(=O)CNc2ccc(C(=O)N3CCCCCC3)cc2)c1. The van der Waals surface area contributed by atoms with E-state index in [1.54, 1.807) is 36.4 Å². The largest absolute Gasteiger partial charge is 0.376 e. The van der Waals surface area contributed by atoms with Crippen LogP contribution in [0.2, 0.25) is 0 Å². The summed E-state index contributed by atoms with van der Waals surface area (Å²) in [7, 11) is 0. The fourth-order valence-electron chi connectivity index (χ4n) is 4.38. The van der Waals surface area contributed by atoms with E-state index in [-0.39, 0.29) is 24.3 Å². The molecule has 1 saturated heterocycles. The van der Waals surface area contributed by atoms with E-state index in [0.717, 1.165) is 37.2 Å². The van der Waals surface area contributed by atoms with Gasteiger partial charge in [-0.15, -0.1) is 0 Å². The zero-order valence-corrected chi connectivity index (χ0v) is 21.0. The zero-order chi connectivity index (χ0) is 25.9. The number of nitrogens with zero attached hydrogens (tertiary/aromatic N) is 1. The van der Waals surface area contributed by atoms with Gasteiger partial charge in [-0.3, -0.25) is 14.4 Å². The first kappa shape index (κ1) is 25.9. The second-order valence-corrected chi connectivity index (χ2v) is 9.30. The zero-order valence-electron chi connectivity index (χ0n) is 21.0. The van der Waals surface area contributed by atoms with Crippen molar-refractivity contribution in [1.82, 2.24) is 4.90 Å². The normalized spacial score (nSPS) is 13.4. The average Bonchev–Trinajstić information content (AvgIpc) is 3.21. The number of likely N-dealkylation sites (tertiary alicyclic amines) is 1. The maximum absolute atomic E-state index is 12.7. The van der Waals surface area contributed by atoms with Crippen molar-refractivity contribution >= 4 is 34.8 Å². The lowest BCUT2D eigenvalue weighted by Crippen LogP contribution is -2.31. The molecule has 37 heavy (non-hydrogen) atoms. The third kappa shape index (κ3) is 8.20. The summed E-state index contributed by atoms with van der Waals surface area (Å²) >= 11 is 0. The van der Waals surface area contributed by atoms with Gasteiger partial charge in [0, 0.05) is 42.1 Å². The van der Waals surface area contributed by atoms with Crippen LogP contribution in [0.25, 0.3) is 0 Å². The molecule has 1 aliphatic rings. The smallest absolute Gasteiger partial charge is 0.253 e. The molecule has 4 rings (SSSR count). The van der Waals surface area contributed by atoms with E-state index >= 15 is 0 Å². The third-order valence-corrected chi connectivity index (χ3v) is 6.39. The molecule has 0 atom stereocenters. The maximum Gasteiger partial charge on any atom is 0.253 e. The number of aryl methyl sites for hydroxylation is 1. The van der Waals surface area contributed by atoms with E-state index in [0.29, 0.717) is 29.8 Å². The quantitative estimate of drug-likeness (QED) is 0.372. The fourth-order valence-corrected chi connectivity index (χ4v) is 4.38. The van der Waals surface area contributed by atoms with E-state index in [2.05, 4.69) is 16.0 Å². The molecule has 1 fully saturated rings. The highest BCUT2D eigenvalue weighted by atomic mass is 16.2. The van der Waals surface area contributed by atoms with Gasteiger partial charge < -0.3 is 20.9 Å². The van der Waals surface area contributed by atoms with Crippen molar-refractivity contribution in [3.8, 4) is 0 Å². The Labute approximate surface area is 218 Å². The van der Waals surface area contributed by atoms with Crippen LogP contribution in [0.1, 0.15) is 48.0 Å². The molecule has 0 spiro atoms. The standard InChI is InChI=1S/C30H34N4O3/c35-28(18-13-23-9-4-3-5-10-23)32-26-11-8-12-27(21-26)33-29(36)22-31-25-16-14-24(15-17-25)30(37)34-19-6-1-2-7-20-34/h3-5,8-12,14-17,21,31H,1-2,6-7,13,18-20,22H2,(H,32,35)(H,33,36). The second kappa shape index (κ2) is 13.3. The predicted octanol–water partition coefficient (Wildman–Crippen LogP) is 5.32. The predicted molar refractivity (Wildman–Crippen MR) is 148 cm³/mol. The number of hydrogen-bond acceptors (Lipinski definition) is 4.